The Kier molecular flexibility index (Phi) is 7.42. The van der Waals surface area contributed by atoms with Crippen LogP contribution in [0, 0.1) is 5.82 Å². The first-order valence-electron chi connectivity index (χ1n) is 11.7. The fraction of sp³-hybridized carbons (Fsp3) is 0.308. The Labute approximate surface area is 219 Å². The molecule has 5 rings (SSSR count). The van der Waals surface area contributed by atoms with Crippen molar-refractivity contribution in [3.05, 3.63) is 65.4 Å². The van der Waals surface area contributed by atoms with Crippen molar-refractivity contribution >= 4 is 17.3 Å². The van der Waals surface area contributed by atoms with Crippen LogP contribution in [-0.4, -0.2) is 40.2 Å². The van der Waals surface area contributed by atoms with E-state index >= 15 is 0 Å². The Bertz CT molecular complexity index is 1310. The summed E-state index contributed by atoms with van der Waals surface area (Å²) < 4.78 is 31.8. The summed E-state index contributed by atoms with van der Waals surface area (Å²) in [5, 5.41) is 6.38. The molecule has 1 amide bonds. The van der Waals surface area contributed by atoms with Crippen molar-refractivity contribution in [3.8, 4) is 22.8 Å². The Morgan fingerprint density at radius 1 is 1.28 bits per heavy atom. The van der Waals surface area contributed by atoms with Crippen LogP contribution in [-0.2, 0) is 9.49 Å². The second-order valence-corrected chi connectivity index (χ2v) is 11.2. The molecule has 36 heavy (non-hydrogen) atoms. The van der Waals surface area contributed by atoms with Gasteiger partial charge < -0.3 is 0 Å². The number of nitrogens with one attached hydrogen (secondary N) is 3. The second kappa shape index (κ2) is 10.9. The Morgan fingerprint density at radius 3 is 3.03 bits per heavy atom. The molecule has 0 aliphatic carbocycles. The van der Waals surface area contributed by atoms with Gasteiger partial charge in [0, 0.05) is 0 Å². The van der Waals surface area contributed by atoms with E-state index in [9.17, 15) is 9.18 Å². The number of H-pyrrole nitrogens is 1. The molecule has 8 nitrogen and oxygen atoms in total. The van der Waals surface area contributed by atoms with Gasteiger partial charge in [0.25, 0.3) is 0 Å². The summed E-state index contributed by atoms with van der Waals surface area (Å²) in [6, 6.07) is 6.48. The summed E-state index contributed by atoms with van der Waals surface area (Å²) in [7, 11) is 1.41. The number of carbonyl (C=O) groups is 1. The van der Waals surface area contributed by atoms with Gasteiger partial charge in [0.05, 0.1) is 0 Å². The summed E-state index contributed by atoms with van der Waals surface area (Å²) in [6.07, 6.45) is 7.72. The molecule has 1 atom stereocenters. The maximum absolute atomic E-state index is 14.5. The summed E-state index contributed by atoms with van der Waals surface area (Å²) in [5.41, 5.74) is 4.89. The maximum atomic E-state index is 14.5. The van der Waals surface area contributed by atoms with E-state index in [0.29, 0.717) is 48.0 Å². The van der Waals surface area contributed by atoms with Gasteiger partial charge in [-0.15, -0.1) is 0 Å². The number of para-hydroxylation sites is 1. The van der Waals surface area contributed by atoms with Gasteiger partial charge in [0.15, 0.2) is 0 Å². The quantitative estimate of drug-likeness (QED) is 0.182. The van der Waals surface area contributed by atoms with Crippen molar-refractivity contribution in [2.75, 3.05) is 25.6 Å². The van der Waals surface area contributed by atoms with Crippen molar-refractivity contribution in [2.45, 2.75) is 30.2 Å². The van der Waals surface area contributed by atoms with Crippen molar-refractivity contribution in [1.82, 2.24) is 15.3 Å². The molecule has 1 unspecified atom stereocenters. The zero-order valence-corrected chi connectivity index (χ0v) is 22.1. The predicted molar refractivity (Wildman–Crippen MR) is 130 cm³/mol. The third-order valence-electron chi connectivity index (χ3n) is 6.07. The SMILES string of the molecule is COc1c(F)cccc1Nc1c2[nH]c3c1C(=O)NC(C3)[I-]OCC/C(C)=C\CCOc1cnccc1-2. The van der Waals surface area contributed by atoms with Crippen LogP contribution in [0.2, 0.25) is 0 Å². The fourth-order valence-electron chi connectivity index (χ4n) is 4.33. The third kappa shape index (κ3) is 5.05. The number of carbonyl (C=O) groups excluding carboxylic acids is 1. The van der Waals surface area contributed by atoms with Crippen LogP contribution in [0.15, 0.2) is 48.3 Å². The summed E-state index contributed by atoms with van der Waals surface area (Å²) in [6.45, 7) is 3.20. The number of benzene rings is 1. The van der Waals surface area contributed by atoms with Crippen LogP contribution in [0.1, 0.15) is 35.8 Å². The number of hydrogen-bond acceptors (Lipinski definition) is 6. The average Bonchev–Trinajstić information content (AvgIpc) is 3.23. The van der Waals surface area contributed by atoms with E-state index in [4.69, 9.17) is 12.5 Å². The molecule has 10 heteroatoms. The van der Waals surface area contributed by atoms with Crippen LogP contribution in [0.5, 0.6) is 11.5 Å². The molecule has 0 saturated carbocycles. The number of fused-ring (bicyclic) bond motifs is 4. The molecule has 1 aromatic carbocycles. The fourth-order valence-corrected chi connectivity index (χ4v) is 6.27. The Hall–Kier alpha value is -3.12. The number of nitrogens with zero attached hydrogens (tertiary/aromatic N) is 1. The Morgan fingerprint density at radius 2 is 2.17 bits per heavy atom. The number of pyridine rings is 1. The normalized spacial score (nSPS) is 19.7. The molecule has 0 spiro atoms. The zero-order valence-electron chi connectivity index (χ0n) is 20.0. The van der Waals surface area contributed by atoms with E-state index in [2.05, 4.69) is 33.6 Å². The molecule has 0 saturated heterocycles. The summed E-state index contributed by atoms with van der Waals surface area (Å²) in [4.78, 5) is 21.1. The van der Waals surface area contributed by atoms with Crippen LogP contribution in [0.25, 0.3) is 11.3 Å². The standard InChI is InChI=1S/C26H27FIN4O4/c1-15-5-4-11-35-20-14-29-10-8-16(20)23-24(30-18-7-3-6-17(27)25(18)34-2)22-19(31-23)13-21(32-26(22)33)28-36-12-9-15/h3,5-8,10,14,21,30-31H,4,9,11-13H2,1-2H3,(H,32,33)/q-1/b15-5-. The van der Waals surface area contributed by atoms with E-state index in [1.807, 2.05) is 6.07 Å². The van der Waals surface area contributed by atoms with Gasteiger partial charge in [-0.3, -0.25) is 0 Å². The Balaban J connectivity index is 1.63. The molecule has 2 aliphatic heterocycles. The van der Waals surface area contributed by atoms with Crippen LogP contribution in [0.4, 0.5) is 15.8 Å². The number of aromatic amines is 1. The monoisotopic (exact) mass is 605 g/mol. The zero-order chi connectivity index (χ0) is 25.1. The number of aromatic nitrogens is 2. The molecule has 190 valence electrons. The molecule has 0 radical (unpaired) electrons. The summed E-state index contributed by atoms with van der Waals surface area (Å²) >= 11 is -0.705. The van der Waals surface area contributed by atoms with Crippen molar-refractivity contribution in [3.63, 3.8) is 0 Å². The number of alkyl halides is 1. The minimum atomic E-state index is -0.705. The predicted octanol–water partition coefficient (Wildman–Crippen LogP) is 1.72. The summed E-state index contributed by atoms with van der Waals surface area (Å²) in [5.74, 6) is -0.0433. The number of amides is 1. The molecule has 3 bridgehead atoms. The van der Waals surface area contributed by atoms with Crippen LogP contribution in [0.3, 0.4) is 0 Å². The number of anilines is 2. The number of halogens is 2. The van der Waals surface area contributed by atoms with Crippen molar-refractivity contribution in [2.24, 2.45) is 0 Å². The first-order chi connectivity index (χ1) is 17.5. The molecular weight excluding hydrogens is 578 g/mol. The van der Waals surface area contributed by atoms with E-state index in [1.165, 1.54) is 18.7 Å². The number of ether oxygens (including phenoxy) is 2. The third-order valence-corrected chi connectivity index (χ3v) is 8.24. The van der Waals surface area contributed by atoms with Gasteiger partial charge in [-0.2, -0.15) is 0 Å². The van der Waals surface area contributed by atoms with Crippen LogP contribution < -0.4 is 41.7 Å². The second-order valence-electron chi connectivity index (χ2n) is 8.53. The van der Waals surface area contributed by atoms with Gasteiger partial charge >= 0.3 is 220 Å². The first-order valence-corrected chi connectivity index (χ1v) is 13.8. The number of rotatable bonds is 3. The number of methoxy groups -OCH3 is 1. The molecule has 4 heterocycles. The molecule has 0 fully saturated rings. The van der Waals surface area contributed by atoms with Crippen molar-refractivity contribution in [1.29, 1.82) is 0 Å². The van der Waals surface area contributed by atoms with Gasteiger partial charge in [-0.05, 0) is 0 Å². The van der Waals surface area contributed by atoms with Gasteiger partial charge in [0.2, 0.25) is 0 Å². The topological polar surface area (TPSA) is 97.5 Å². The van der Waals surface area contributed by atoms with Gasteiger partial charge in [-0.1, -0.05) is 0 Å². The average molecular weight is 605 g/mol. The van der Waals surface area contributed by atoms with E-state index in [-0.39, 0.29) is 15.7 Å². The molecular formula is C26H27FIN4O4-. The first kappa shape index (κ1) is 24.6. The number of hydrogen-bond donors (Lipinski definition) is 3. The van der Waals surface area contributed by atoms with E-state index < -0.39 is 27.4 Å². The van der Waals surface area contributed by atoms with Gasteiger partial charge in [0.1, 0.15) is 0 Å². The van der Waals surface area contributed by atoms with Gasteiger partial charge in [-0.25, -0.2) is 0 Å². The molecule has 2 aromatic heterocycles. The minimum absolute atomic E-state index is 0.0581. The molecule has 3 N–H and O–H groups in total. The van der Waals surface area contributed by atoms with E-state index in [1.54, 1.807) is 24.5 Å². The molecule has 3 aromatic rings. The van der Waals surface area contributed by atoms with E-state index in [0.717, 1.165) is 24.1 Å². The van der Waals surface area contributed by atoms with Crippen molar-refractivity contribution < 1.29 is 43.3 Å². The van der Waals surface area contributed by atoms with Crippen LogP contribution >= 0.6 is 0 Å². The molecule has 2 aliphatic rings.